The zero-order valence-corrected chi connectivity index (χ0v) is 16.3. The van der Waals surface area contributed by atoms with Crippen molar-refractivity contribution < 1.29 is 4.79 Å². The Bertz CT molecular complexity index is 1130. The Morgan fingerprint density at radius 2 is 1.43 bits per heavy atom. The van der Waals surface area contributed by atoms with Crippen molar-refractivity contribution in [2.75, 3.05) is 0 Å². The molecule has 3 aromatic carbocycles. The first kappa shape index (κ1) is 18.1. The van der Waals surface area contributed by atoms with Gasteiger partial charge in [-0.05, 0) is 42.3 Å². The number of thiazole rings is 1. The number of rotatable bonds is 5. The fraction of sp³-hybridized carbons (Fsp3) is 0.0400. The first-order valence-corrected chi connectivity index (χ1v) is 9.92. The third-order valence-electron chi connectivity index (χ3n) is 4.41. The van der Waals surface area contributed by atoms with Gasteiger partial charge in [0.15, 0.2) is 5.78 Å². The monoisotopic (exact) mass is 381 g/mol. The molecule has 4 aromatic rings. The van der Waals surface area contributed by atoms with Gasteiger partial charge in [0.25, 0.3) is 0 Å². The molecule has 2 nitrogen and oxygen atoms in total. The number of para-hydroxylation sites is 1. The molecule has 0 bridgehead atoms. The molecule has 0 amide bonds. The van der Waals surface area contributed by atoms with Crippen LogP contribution < -0.4 is 0 Å². The second-order valence-corrected chi connectivity index (χ2v) is 7.62. The van der Waals surface area contributed by atoms with E-state index in [-0.39, 0.29) is 5.78 Å². The summed E-state index contributed by atoms with van der Waals surface area (Å²) in [5.74, 6) is -0.0316. The van der Waals surface area contributed by atoms with Gasteiger partial charge in [-0.1, -0.05) is 78.4 Å². The van der Waals surface area contributed by atoms with E-state index in [0.717, 1.165) is 27.2 Å². The van der Waals surface area contributed by atoms with E-state index in [2.05, 4.69) is 11.1 Å². The third kappa shape index (κ3) is 4.33. The number of carbonyl (C=O) groups excluding carboxylic acids is 1. The van der Waals surface area contributed by atoms with Crippen LogP contribution in [0.2, 0.25) is 0 Å². The van der Waals surface area contributed by atoms with Crippen molar-refractivity contribution in [1.29, 1.82) is 0 Å². The smallest absolute Gasteiger partial charge is 0.178 e. The van der Waals surface area contributed by atoms with Gasteiger partial charge in [-0.2, -0.15) is 0 Å². The molecule has 0 radical (unpaired) electrons. The summed E-state index contributed by atoms with van der Waals surface area (Å²) in [5, 5.41) is 1.01. The van der Waals surface area contributed by atoms with E-state index >= 15 is 0 Å². The fourth-order valence-electron chi connectivity index (χ4n) is 2.82. The molecule has 0 aliphatic heterocycles. The molecule has 0 aliphatic rings. The maximum absolute atomic E-state index is 12.1. The Morgan fingerprint density at radius 1 is 0.821 bits per heavy atom. The standard InChI is InChI=1S/C25H19NOS/c1-18-6-8-19(9-7-18)12-16-22(27)17-13-20-10-14-21(15-11-20)25-26-23-4-2-3-5-24(23)28-25/h2-17H,1H3. The molecule has 0 spiro atoms. The zero-order valence-electron chi connectivity index (χ0n) is 15.5. The van der Waals surface area contributed by atoms with Gasteiger partial charge in [0.1, 0.15) is 5.01 Å². The van der Waals surface area contributed by atoms with E-state index < -0.39 is 0 Å². The van der Waals surface area contributed by atoms with Crippen molar-refractivity contribution in [1.82, 2.24) is 4.98 Å². The highest BCUT2D eigenvalue weighted by molar-refractivity contribution is 7.21. The van der Waals surface area contributed by atoms with Gasteiger partial charge in [0.2, 0.25) is 0 Å². The normalized spacial score (nSPS) is 11.6. The van der Waals surface area contributed by atoms with Crippen molar-refractivity contribution >= 4 is 39.5 Å². The Kier molecular flexibility index (Phi) is 5.27. The number of hydrogen-bond acceptors (Lipinski definition) is 3. The van der Waals surface area contributed by atoms with Crippen molar-refractivity contribution in [3.05, 3.63) is 102 Å². The summed E-state index contributed by atoms with van der Waals surface area (Å²) in [6.07, 6.45) is 6.86. The molecule has 1 heterocycles. The first-order valence-electron chi connectivity index (χ1n) is 9.10. The summed E-state index contributed by atoms with van der Waals surface area (Å²) < 4.78 is 1.19. The van der Waals surface area contributed by atoms with Crippen LogP contribution in [0, 0.1) is 6.92 Å². The summed E-state index contributed by atoms with van der Waals surface area (Å²) >= 11 is 1.69. The molecule has 0 saturated carbocycles. The molecule has 0 N–H and O–H groups in total. The van der Waals surface area contributed by atoms with Gasteiger partial charge in [-0.25, -0.2) is 4.98 Å². The second-order valence-electron chi connectivity index (χ2n) is 6.59. The third-order valence-corrected chi connectivity index (χ3v) is 5.49. The van der Waals surface area contributed by atoms with Crippen LogP contribution in [-0.4, -0.2) is 10.8 Å². The van der Waals surface area contributed by atoms with Gasteiger partial charge in [0.05, 0.1) is 10.2 Å². The molecule has 0 aliphatic carbocycles. The Hall–Kier alpha value is -3.30. The molecular weight excluding hydrogens is 362 g/mol. The van der Waals surface area contributed by atoms with E-state index in [1.165, 1.54) is 10.3 Å². The Labute approximate surface area is 168 Å². The minimum absolute atomic E-state index is 0.0316. The summed E-state index contributed by atoms with van der Waals surface area (Å²) in [4.78, 5) is 16.7. The van der Waals surface area contributed by atoms with E-state index in [9.17, 15) is 4.79 Å². The predicted octanol–water partition coefficient (Wildman–Crippen LogP) is 6.57. The lowest BCUT2D eigenvalue weighted by molar-refractivity contribution is -0.110. The Balaban J connectivity index is 1.43. The van der Waals surface area contributed by atoms with E-state index in [1.807, 2.05) is 85.8 Å². The molecule has 28 heavy (non-hydrogen) atoms. The van der Waals surface area contributed by atoms with Crippen LogP contribution in [0.5, 0.6) is 0 Å². The van der Waals surface area contributed by atoms with E-state index in [4.69, 9.17) is 0 Å². The molecule has 136 valence electrons. The van der Waals surface area contributed by atoms with Crippen LogP contribution in [0.1, 0.15) is 16.7 Å². The number of nitrogens with zero attached hydrogens (tertiary/aromatic N) is 1. The number of ketones is 1. The van der Waals surface area contributed by atoms with Crippen LogP contribution in [-0.2, 0) is 4.79 Å². The predicted molar refractivity (Wildman–Crippen MR) is 119 cm³/mol. The van der Waals surface area contributed by atoms with Gasteiger partial charge < -0.3 is 0 Å². The number of carbonyl (C=O) groups is 1. The van der Waals surface area contributed by atoms with Crippen LogP contribution in [0.4, 0.5) is 0 Å². The van der Waals surface area contributed by atoms with Crippen LogP contribution in [0.3, 0.4) is 0 Å². The van der Waals surface area contributed by atoms with Gasteiger partial charge in [-0.15, -0.1) is 11.3 Å². The number of allylic oxidation sites excluding steroid dienone is 2. The van der Waals surface area contributed by atoms with Crippen molar-refractivity contribution in [2.24, 2.45) is 0 Å². The summed E-state index contributed by atoms with van der Waals surface area (Å²) in [6, 6.07) is 24.3. The number of aryl methyl sites for hydroxylation is 1. The van der Waals surface area contributed by atoms with E-state index in [0.29, 0.717) is 0 Å². The Morgan fingerprint density at radius 3 is 2.07 bits per heavy atom. The molecule has 0 saturated heterocycles. The van der Waals surface area contributed by atoms with E-state index in [1.54, 1.807) is 23.5 Å². The summed E-state index contributed by atoms with van der Waals surface area (Å²) in [6.45, 7) is 2.05. The average Bonchev–Trinajstić information content (AvgIpc) is 3.16. The van der Waals surface area contributed by atoms with Gasteiger partial charge in [-0.3, -0.25) is 4.79 Å². The molecule has 4 rings (SSSR count). The average molecular weight is 382 g/mol. The number of fused-ring (bicyclic) bond motifs is 1. The molecule has 0 unspecified atom stereocenters. The SMILES string of the molecule is Cc1ccc(C=CC(=O)C=Cc2ccc(-c3nc4ccccc4s3)cc2)cc1. The van der Waals surface area contributed by atoms with Crippen LogP contribution >= 0.6 is 11.3 Å². The van der Waals surface area contributed by atoms with Crippen molar-refractivity contribution in [3.8, 4) is 10.6 Å². The van der Waals surface area contributed by atoms with Crippen molar-refractivity contribution in [2.45, 2.75) is 6.92 Å². The first-order chi connectivity index (χ1) is 13.7. The highest BCUT2D eigenvalue weighted by Crippen LogP contribution is 2.30. The lowest BCUT2D eigenvalue weighted by Gasteiger charge is -1.97. The highest BCUT2D eigenvalue weighted by atomic mass is 32.1. The van der Waals surface area contributed by atoms with Crippen LogP contribution in [0.25, 0.3) is 32.9 Å². The number of aromatic nitrogens is 1. The largest absolute Gasteiger partial charge is 0.290 e. The summed E-state index contributed by atoms with van der Waals surface area (Å²) in [7, 11) is 0. The minimum atomic E-state index is -0.0316. The topological polar surface area (TPSA) is 30.0 Å². The molecular formula is C25H19NOS. The van der Waals surface area contributed by atoms with Crippen molar-refractivity contribution in [3.63, 3.8) is 0 Å². The maximum atomic E-state index is 12.1. The lowest BCUT2D eigenvalue weighted by Crippen LogP contribution is -1.85. The van der Waals surface area contributed by atoms with Crippen LogP contribution in [0.15, 0.2) is 84.9 Å². The van der Waals surface area contributed by atoms with Gasteiger partial charge >= 0.3 is 0 Å². The lowest BCUT2D eigenvalue weighted by atomic mass is 10.1. The maximum Gasteiger partial charge on any atom is 0.178 e. The number of benzene rings is 3. The fourth-order valence-corrected chi connectivity index (χ4v) is 3.79. The summed E-state index contributed by atoms with van der Waals surface area (Å²) in [5.41, 5.74) is 5.33. The molecule has 0 fully saturated rings. The molecule has 0 atom stereocenters. The quantitative estimate of drug-likeness (QED) is 0.366. The minimum Gasteiger partial charge on any atom is -0.290 e. The molecule has 3 heteroatoms. The highest BCUT2D eigenvalue weighted by Gasteiger charge is 2.05. The zero-order chi connectivity index (χ0) is 19.3. The van der Waals surface area contributed by atoms with Gasteiger partial charge in [0, 0.05) is 5.56 Å². The second kappa shape index (κ2) is 8.15. The molecule has 1 aromatic heterocycles. The number of hydrogen-bond donors (Lipinski definition) is 0.